The lowest BCUT2D eigenvalue weighted by molar-refractivity contribution is 0.102. The van der Waals surface area contributed by atoms with E-state index >= 15 is 0 Å². The van der Waals surface area contributed by atoms with Gasteiger partial charge >= 0.3 is 0 Å². The van der Waals surface area contributed by atoms with Crippen LogP contribution >= 0.6 is 0 Å². The molecule has 2 aromatic rings. The lowest BCUT2D eigenvalue weighted by Crippen LogP contribution is -2.24. The average molecular weight is 353 g/mol. The fourth-order valence-electron chi connectivity index (χ4n) is 2.70. The molecular weight excluding hydrogens is 337 g/mol. The van der Waals surface area contributed by atoms with Crippen molar-refractivity contribution >= 4 is 17.6 Å². The third-order valence-corrected chi connectivity index (χ3v) is 3.96. The Morgan fingerprint density at radius 2 is 2.27 bits per heavy atom. The van der Waals surface area contributed by atoms with Crippen LogP contribution in [0.15, 0.2) is 35.5 Å². The fourth-order valence-corrected chi connectivity index (χ4v) is 2.70. The van der Waals surface area contributed by atoms with E-state index in [0.29, 0.717) is 35.4 Å². The Kier molecular flexibility index (Phi) is 4.80. The van der Waals surface area contributed by atoms with Gasteiger partial charge in [-0.25, -0.2) is 14.4 Å². The van der Waals surface area contributed by atoms with Gasteiger partial charge in [0.25, 0.3) is 11.9 Å². The molecule has 0 bridgehead atoms. The van der Waals surface area contributed by atoms with E-state index in [4.69, 9.17) is 15.7 Å². The summed E-state index contributed by atoms with van der Waals surface area (Å²) in [6.45, 7) is 2.04. The van der Waals surface area contributed by atoms with Crippen LogP contribution in [0, 0.1) is 24.1 Å². The van der Waals surface area contributed by atoms with Crippen LogP contribution in [0.25, 0.3) is 0 Å². The number of nitrogens with one attached hydrogen (secondary N) is 1. The van der Waals surface area contributed by atoms with Gasteiger partial charge in [0.2, 0.25) is 0 Å². The summed E-state index contributed by atoms with van der Waals surface area (Å²) in [5, 5.41) is 11.6. The second-order valence-electron chi connectivity index (χ2n) is 5.81. The van der Waals surface area contributed by atoms with Gasteiger partial charge < -0.3 is 15.8 Å². The lowest BCUT2D eigenvalue weighted by Gasteiger charge is -2.20. The molecule has 0 radical (unpaired) electrons. The monoisotopic (exact) mass is 353 g/mol. The summed E-state index contributed by atoms with van der Waals surface area (Å²) in [4.78, 5) is 20.6. The van der Waals surface area contributed by atoms with E-state index in [1.165, 1.54) is 24.4 Å². The van der Waals surface area contributed by atoms with E-state index in [1.54, 1.807) is 13.0 Å². The zero-order valence-electron chi connectivity index (χ0n) is 14.0. The van der Waals surface area contributed by atoms with Crippen LogP contribution in [0.1, 0.15) is 39.6 Å². The predicted molar refractivity (Wildman–Crippen MR) is 93.0 cm³/mol. The minimum Gasteiger partial charge on any atom is -0.465 e. The quantitative estimate of drug-likeness (QED) is 0.880. The molecule has 1 unspecified atom stereocenters. The molecule has 0 fully saturated rings. The van der Waals surface area contributed by atoms with Gasteiger partial charge in [-0.1, -0.05) is 0 Å². The van der Waals surface area contributed by atoms with Gasteiger partial charge in [0.15, 0.2) is 0 Å². The molecule has 0 saturated heterocycles. The SMILES string of the molecule is Cc1cc(C#N)cnc1C(=O)Nc1ccc(F)c(C2CCOC(N)=N2)c1. The first-order valence-corrected chi connectivity index (χ1v) is 7.91. The Balaban J connectivity index is 1.84. The van der Waals surface area contributed by atoms with Crippen molar-refractivity contribution in [3.8, 4) is 6.07 Å². The predicted octanol–water partition coefficient (Wildman–Crippen LogP) is 2.43. The first kappa shape index (κ1) is 17.4. The van der Waals surface area contributed by atoms with E-state index in [9.17, 15) is 9.18 Å². The smallest absolute Gasteiger partial charge is 0.282 e. The number of halogens is 1. The minimum atomic E-state index is -0.463. The second-order valence-corrected chi connectivity index (χ2v) is 5.81. The van der Waals surface area contributed by atoms with Crippen molar-refractivity contribution in [1.82, 2.24) is 4.98 Å². The summed E-state index contributed by atoms with van der Waals surface area (Å²) in [7, 11) is 0. The normalized spacial score (nSPS) is 16.2. The number of hydrogen-bond acceptors (Lipinski definition) is 6. The molecule has 3 rings (SSSR count). The molecule has 1 amide bonds. The number of ether oxygens (including phenoxy) is 1. The summed E-state index contributed by atoms with van der Waals surface area (Å²) >= 11 is 0. The number of carbonyl (C=O) groups excluding carboxylic acids is 1. The molecule has 2 heterocycles. The number of amidine groups is 1. The van der Waals surface area contributed by atoms with Crippen molar-refractivity contribution in [1.29, 1.82) is 5.26 Å². The second kappa shape index (κ2) is 7.19. The highest BCUT2D eigenvalue weighted by Gasteiger charge is 2.21. The zero-order chi connectivity index (χ0) is 18.7. The van der Waals surface area contributed by atoms with Crippen molar-refractivity contribution in [3.63, 3.8) is 0 Å². The van der Waals surface area contributed by atoms with Crippen LogP contribution in [0.5, 0.6) is 0 Å². The number of carbonyl (C=O) groups is 1. The molecule has 8 heteroatoms. The van der Waals surface area contributed by atoms with Crippen LogP contribution < -0.4 is 11.1 Å². The van der Waals surface area contributed by atoms with Crippen LogP contribution in [-0.4, -0.2) is 23.5 Å². The molecule has 0 aliphatic carbocycles. The highest BCUT2D eigenvalue weighted by atomic mass is 19.1. The van der Waals surface area contributed by atoms with Gasteiger partial charge in [0, 0.05) is 23.9 Å². The van der Waals surface area contributed by atoms with Gasteiger partial charge in [-0.2, -0.15) is 5.26 Å². The molecule has 132 valence electrons. The molecule has 0 saturated carbocycles. The fraction of sp³-hybridized carbons (Fsp3) is 0.222. The Morgan fingerprint density at radius 1 is 1.46 bits per heavy atom. The van der Waals surface area contributed by atoms with Gasteiger partial charge in [-0.15, -0.1) is 0 Å². The number of aryl methyl sites for hydroxylation is 1. The number of anilines is 1. The highest BCUT2D eigenvalue weighted by molar-refractivity contribution is 6.03. The summed E-state index contributed by atoms with van der Waals surface area (Å²) in [6, 6.07) is 7.36. The van der Waals surface area contributed by atoms with Gasteiger partial charge in [0.05, 0.1) is 18.2 Å². The van der Waals surface area contributed by atoms with E-state index in [1.807, 2.05) is 6.07 Å². The number of amides is 1. The largest absolute Gasteiger partial charge is 0.465 e. The van der Waals surface area contributed by atoms with E-state index in [2.05, 4.69) is 15.3 Å². The van der Waals surface area contributed by atoms with Gasteiger partial charge in [-0.3, -0.25) is 4.79 Å². The summed E-state index contributed by atoms with van der Waals surface area (Å²) in [5.41, 5.74) is 7.44. The lowest BCUT2D eigenvalue weighted by atomic mass is 10.0. The highest BCUT2D eigenvalue weighted by Crippen LogP contribution is 2.29. The zero-order valence-corrected chi connectivity index (χ0v) is 14.0. The van der Waals surface area contributed by atoms with E-state index in [-0.39, 0.29) is 11.7 Å². The number of rotatable bonds is 3. The Labute approximate surface area is 149 Å². The summed E-state index contributed by atoms with van der Waals surface area (Å²) in [6.07, 6.45) is 1.82. The van der Waals surface area contributed by atoms with Crippen LogP contribution in [0.2, 0.25) is 0 Å². The third-order valence-electron chi connectivity index (χ3n) is 3.96. The molecule has 3 N–H and O–H groups in total. The third kappa shape index (κ3) is 3.62. The first-order chi connectivity index (χ1) is 12.5. The molecule has 0 spiro atoms. The van der Waals surface area contributed by atoms with Crippen LogP contribution in [0.4, 0.5) is 10.1 Å². The van der Waals surface area contributed by atoms with Crippen LogP contribution in [0.3, 0.4) is 0 Å². The molecule has 26 heavy (non-hydrogen) atoms. The Hall–Kier alpha value is -3.47. The molecular formula is C18H16FN5O2. The maximum atomic E-state index is 14.2. The van der Waals surface area contributed by atoms with Crippen molar-refractivity contribution in [3.05, 3.63) is 58.7 Å². The van der Waals surface area contributed by atoms with Gasteiger partial charge in [0.1, 0.15) is 17.6 Å². The number of benzene rings is 1. The maximum Gasteiger partial charge on any atom is 0.282 e. The maximum absolute atomic E-state index is 14.2. The average Bonchev–Trinajstić information content (AvgIpc) is 2.63. The van der Waals surface area contributed by atoms with Crippen molar-refractivity contribution in [2.45, 2.75) is 19.4 Å². The standard InChI is InChI=1S/C18H16FN5O2/c1-10-6-11(8-20)9-22-16(10)17(25)23-12-2-3-14(19)13(7-12)15-4-5-26-18(21)24-15/h2-3,6-7,9,15H,4-5H2,1H3,(H2,21,24)(H,23,25). The molecule has 1 aromatic heterocycles. The molecule has 1 atom stereocenters. The minimum absolute atomic E-state index is 0.0208. The Bertz CT molecular complexity index is 936. The first-order valence-electron chi connectivity index (χ1n) is 7.91. The summed E-state index contributed by atoms with van der Waals surface area (Å²) < 4.78 is 19.2. The topological polar surface area (TPSA) is 113 Å². The number of pyridine rings is 1. The molecule has 1 aromatic carbocycles. The number of nitriles is 1. The van der Waals surface area contributed by atoms with Crippen molar-refractivity contribution in [2.24, 2.45) is 10.7 Å². The molecule has 1 aliphatic heterocycles. The van der Waals surface area contributed by atoms with E-state index in [0.717, 1.165) is 0 Å². The number of aliphatic imine (C=N–C) groups is 1. The van der Waals surface area contributed by atoms with E-state index < -0.39 is 17.8 Å². The summed E-state index contributed by atoms with van der Waals surface area (Å²) in [5.74, 6) is -0.876. The van der Waals surface area contributed by atoms with Crippen LogP contribution in [-0.2, 0) is 4.74 Å². The number of nitrogens with zero attached hydrogens (tertiary/aromatic N) is 3. The van der Waals surface area contributed by atoms with Crippen molar-refractivity contribution < 1.29 is 13.9 Å². The molecule has 7 nitrogen and oxygen atoms in total. The number of nitrogens with two attached hydrogens (primary N) is 1. The van der Waals surface area contributed by atoms with Crippen molar-refractivity contribution in [2.75, 3.05) is 11.9 Å². The molecule has 1 aliphatic rings. The van der Waals surface area contributed by atoms with Gasteiger partial charge in [-0.05, 0) is 36.8 Å². The number of hydrogen-bond donors (Lipinski definition) is 2. The Morgan fingerprint density at radius 3 is 2.96 bits per heavy atom. The number of aromatic nitrogens is 1.